The zero-order chi connectivity index (χ0) is 12.4. The van der Waals surface area contributed by atoms with Crippen LogP contribution >= 0.6 is 0 Å². The van der Waals surface area contributed by atoms with Gasteiger partial charge in [0.15, 0.2) is 0 Å². The summed E-state index contributed by atoms with van der Waals surface area (Å²) in [5, 5.41) is 9.05. The van der Waals surface area contributed by atoms with Crippen molar-refractivity contribution in [1.82, 2.24) is 4.72 Å². The Hall–Kier alpha value is -0.660. The Kier molecular flexibility index (Phi) is 3.92. The zero-order valence-electron chi connectivity index (χ0n) is 9.39. The summed E-state index contributed by atoms with van der Waals surface area (Å²) in [4.78, 5) is 11.1. The summed E-state index contributed by atoms with van der Waals surface area (Å²) in [7, 11) is -3.41. The van der Waals surface area contributed by atoms with Gasteiger partial charge in [0.25, 0.3) is 0 Å². The van der Waals surface area contributed by atoms with Gasteiger partial charge in [-0.05, 0) is 13.3 Å². The molecular weight excluding hydrogens is 234 g/mol. The molecule has 0 saturated carbocycles. The molecule has 1 aliphatic heterocycles. The molecule has 0 aliphatic carbocycles. The highest BCUT2D eigenvalue weighted by molar-refractivity contribution is 7.89. The molecule has 1 aliphatic rings. The number of rotatable bonds is 5. The van der Waals surface area contributed by atoms with E-state index in [1.54, 1.807) is 6.92 Å². The summed E-state index contributed by atoms with van der Waals surface area (Å²) in [6, 6.07) is -0.693. The summed E-state index contributed by atoms with van der Waals surface area (Å²) in [5.41, 5.74) is -1.18. The maximum absolute atomic E-state index is 11.5. The second kappa shape index (κ2) is 4.68. The van der Waals surface area contributed by atoms with E-state index in [0.717, 1.165) is 0 Å². The fourth-order valence-corrected chi connectivity index (χ4v) is 3.01. The Morgan fingerprint density at radius 3 is 2.75 bits per heavy atom. The van der Waals surface area contributed by atoms with E-state index >= 15 is 0 Å². The van der Waals surface area contributed by atoms with Gasteiger partial charge in [-0.3, -0.25) is 4.79 Å². The predicted octanol–water partition coefficient (Wildman–Crippen LogP) is -0.194. The lowest BCUT2D eigenvalue weighted by atomic mass is 9.86. The van der Waals surface area contributed by atoms with Crippen molar-refractivity contribution in [3.63, 3.8) is 0 Å². The molecule has 0 aromatic heterocycles. The average Bonchev–Trinajstić information content (AvgIpc) is 2.48. The molecular formula is C9H17NO5S. The quantitative estimate of drug-likeness (QED) is 0.706. The SMILES string of the molecule is CCCS(=O)(=O)NC1COCC1(C)C(=O)O. The Morgan fingerprint density at radius 2 is 2.25 bits per heavy atom. The van der Waals surface area contributed by atoms with Crippen LogP contribution in [-0.4, -0.2) is 44.5 Å². The first kappa shape index (κ1) is 13.4. The minimum atomic E-state index is -3.41. The maximum Gasteiger partial charge on any atom is 0.313 e. The fourth-order valence-electron chi connectivity index (χ4n) is 1.59. The molecule has 2 unspecified atom stereocenters. The molecule has 0 radical (unpaired) electrons. The van der Waals surface area contributed by atoms with E-state index < -0.39 is 27.4 Å². The highest BCUT2D eigenvalue weighted by Gasteiger charge is 2.47. The van der Waals surface area contributed by atoms with Crippen molar-refractivity contribution in [2.24, 2.45) is 5.41 Å². The molecule has 2 atom stereocenters. The van der Waals surface area contributed by atoms with E-state index in [1.807, 2.05) is 0 Å². The minimum Gasteiger partial charge on any atom is -0.481 e. The lowest BCUT2D eigenvalue weighted by molar-refractivity contribution is -0.148. The number of hydrogen-bond donors (Lipinski definition) is 2. The van der Waals surface area contributed by atoms with Crippen LogP contribution in [0.4, 0.5) is 0 Å². The normalized spacial score (nSPS) is 30.5. The van der Waals surface area contributed by atoms with E-state index in [4.69, 9.17) is 9.84 Å². The first-order valence-electron chi connectivity index (χ1n) is 5.13. The number of aliphatic carboxylic acids is 1. The van der Waals surface area contributed by atoms with E-state index in [9.17, 15) is 13.2 Å². The molecule has 1 saturated heterocycles. The zero-order valence-corrected chi connectivity index (χ0v) is 10.2. The van der Waals surface area contributed by atoms with Crippen LogP contribution in [0.5, 0.6) is 0 Å². The minimum absolute atomic E-state index is 0.000795. The summed E-state index contributed by atoms with van der Waals surface area (Å²) in [6.07, 6.45) is 0.493. The van der Waals surface area contributed by atoms with E-state index in [0.29, 0.717) is 6.42 Å². The summed E-state index contributed by atoms with van der Waals surface area (Å²) < 4.78 is 30.5. The van der Waals surface area contributed by atoms with Gasteiger partial charge in [0, 0.05) is 0 Å². The highest BCUT2D eigenvalue weighted by Crippen LogP contribution is 2.29. The molecule has 0 spiro atoms. The van der Waals surface area contributed by atoms with Crippen molar-refractivity contribution in [2.45, 2.75) is 26.3 Å². The van der Waals surface area contributed by atoms with Crippen LogP contribution in [0.25, 0.3) is 0 Å². The van der Waals surface area contributed by atoms with Gasteiger partial charge in [0.1, 0.15) is 5.41 Å². The second-order valence-corrected chi connectivity index (χ2v) is 6.10. The Morgan fingerprint density at radius 1 is 1.62 bits per heavy atom. The Bertz CT molecular complexity index is 366. The topological polar surface area (TPSA) is 92.7 Å². The van der Waals surface area contributed by atoms with Crippen LogP contribution < -0.4 is 4.72 Å². The Labute approximate surface area is 95.0 Å². The molecule has 0 bridgehead atoms. The molecule has 6 nitrogen and oxygen atoms in total. The number of ether oxygens (including phenoxy) is 1. The molecule has 94 valence electrons. The molecule has 1 rings (SSSR count). The molecule has 0 aromatic rings. The first-order chi connectivity index (χ1) is 7.32. The van der Waals surface area contributed by atoms with E-state index in [2.05, 4.69) is 4.72 Å². The van der Waals surface area contributed by atoms with Crippen LogP contribution in [0.15, 0.2) is 0 Å². The Balaban J connectivity index is 2.78. The molecule has 2 N–H and O–H groups in total. The molecule has 0 aromatic carbocycles. The van der Waals surface area contributed by atoms with Crippen LogP contribution in [0, 0.1) is 5.41 Å². The molecule has 16 heavy (non-hydrogen) atoms. The fraction of sp³-hybridized carbons (Fsp3) is 0.889. The van der Waals surface area contributed by atoms with Crippen molar-refractivity contribution in [3.8, 4) is 0 Å². The van der Waals surface area contributed by atoms with E-state index in [1.165, 1.54) is 6.92 Å². The van der Waals surface area contributed by atoms with Gasteiger partial charge in [-0.1, -0.05) is 6.92 Å². The maximum atomic E-state index is 11.5. The number of carboxylic acids is 1. The molecule has 1 fully saturated rings. The van der Waals surface area contributed by atoms with Crippen LogP contribution in [0.3, 0.4) is 0 Å². The third-order valence-electron chi connectivity index (χ3n) is 2.74. The third-order valence-corrected chi connectivity index (χ3v) is 4.33. The van der Waals surface area contributed by atoms with Gasteiger partial charge in [-0.15, -0.1) is 0 Å². The van der Waals surface area contributed by atoms with Gasteiger partial charge in [-0.2, -0.15) is 0 Å². The third kappa shape index (κ3) is 2.72. The molecule has 0 amide bonds. The highest BCUT2D eigenvalue weighted by atomic mass is 32.2. The van der Waals surface area contributed by atoms with Crippen molar-refractivity contribution < 1.29 is 23.1 Å². The smallest absolute Gasteiger partial charge is 0.313 e. The number of carboxylic acid groups (broad SMARTS) is 1. The first-order valence-corrected chi connectivity index (χ1v) is 6.78. The number of hydrogen-bond acceptors (Lipinski definition) is 4. The molecule has 1 heterocycles. The van der Waals surface area contributed by atoms with Crippen molar-refractivity contribution >= 4 is 16.0 Å². The number of sulfonamides is 1. The number of carbonyl (C=O) groups is 1. The van der Waals surface area contributed by atoms with Gasteiger partial charge in [0.2, 0.25) is 10.0 Å². The summed E-state index contributed by atoms with van der Waals surface area (Å²) in [5.74, 6) is -1.05. The van der Waals surface area contributed by atoms with Crippen LogP contribution in [-0.2, 0) is 19.6 Å². The second-order valence-electron chi connectivity index (χ2n) is 4.23. The van der Waals surface area contributed by atoms with Gasteiger partial charge in [-0.25, -0.2) is 13.1 Å². The monoisotopic (exact) mass is 251 g/mol. The largest absolute Gasteiger partial charge is 0.481 e. The van der Waals surface area contributed by atoms with Gasteiger partial charge in [0.05, 0.1) is 25.0 Å². The van der Waals surface area contributed by atoms with Gasteiger partial charge < -0.3 is 9.84 Å². The van der Waals surface area contributed by atoms with Crippen molar-refractivity contribution in [2.75, 3.05) is 19.0 Å². The summed E-state index contributed by atoms with van der Waals surface area (Å²) in [6.45, 7) is 3.37. The van der Waals surface area contributed by atoms with E-state index in [-0.39, 0.29) is 19.0 Å². The molecule has 7 heteroatoms. The van der Waals surface area contributed by atoms with Crippen LogP contribution in [0.1, 0.15) is 20.3 Å². The van der Waals surface area contributed by atoms with Crippen molar-refractivity contribution in [1.29, 1.82) is 0 Å². The van der Waals surface area contributed by atoms with Crippen molar-refractivity contribution in [3.05, 3.63) is 0 Å². The lowest BCUT2D eigenvalue weighted by Crippen LogP contribution is -2.50. The van der Waals surface area contributed by atoms with Gasteiger partial charge >= 0.3 is 5.97 Å². The lowest BCUT2D eigenvalue weighted by Gasteiger charge is -2.25. The van der Waals surface area contributed by atoms with Crippen LogP contribution in [0.2, 0.25) is 0 Å². The predicted molar refractivity (Wildman–Crippen MR) is 57.6 cm³/mol. The standard InChI is InChI=1S/C9H17NO5S/c1-3-4-16(13,14)10-7-5-15-6-9(7,2)8(11)12/h7,10H,3-6H2,1-2H3,(H,11,12). The summed E-state index contributed by atoms with van der Waals surface area (Å²) >= 11 is 0. The average molecular weight is 251 g/mol. The number of nitrogens with one attached hydrogen (secondary N) is 1.